The van der Waals surface area contributed by atoms with Crippen molar-refractivity contribution in [1.29, 1.82) is 0 Å². The molecular weight excluding hydrogens is 508 g/mol. The SMILES string of the molecule is O=C(Nc1ccc(-c2nc3cc(NC(=O)c4ccccc4)ccc3n2CCc2ccccc2)cc1)c1ccccc1. The van der Waals surface area contributed by atoms with Crippen LogP contribution in [0.4, 0.5) is 11.4 Å². The van der Waals surface area contributed by atoms with Crippen LogP contribution in [0.25, 0.3) is 22.4 Å². The number of aryl methyl sites for hydroxylation is 2. The molecular formula is C35H28N4O2. The first-order chi connectivity index (χ1) is 20.1. The lowest BCUT2D eigenvalue weighted by molar-refractivity contribution is 0.101. The average molecular weight is 537 g/mol. The highest BCUT2D eigenvalue weighted by atomic mass is 16.2. The molecule has 6 aromatic rings. The first-order valence-corrected chi connectivity index (χ1v) is 13.5. The number of imidazole rings is 1. The van der Waals surface area contributed by atoms with Gasteiger partial charge in [0.1, 0.15) is 5.82 Å². The second kappa shape index (κ2) is 11.7. The number of benzene rings is 5. The van der Waals surface area contributed by atoms with Gasteiger partial charge in [-0.25, -0.2) is 4.98 Å². The Balaban J connectivity index is 1.30. The predicted octanol–water partition coefficient (Wildman–Crippen LogP) is 7.45. The summed E-state index contributed by atoms with van der Waals surface area (Å²) in [5.74, 6) is 0.503. The van der Waals surface area contributed by atoms with Crippen LogP contribution in [-0.2, 0) is 13.0 Å². The third kappa shape index (κ3) is 5.92. The van der Waals surface area contributed by atoms with Gasteiger partial charge >= 0.3 is 0 Å². The van der Waals surface area contributed by atoms with E-state index in [0.717, 1.165) is 35.4 Å². The molecule has 5 aromatic carbocycles. The first-order valence-electron chi connectivity index (χ1n) is 13.5. The molecule has 0 saturated carbocycles. The molecule has 2 amide bonds. The summed E-state index contributed by atoms with van der Waals surface area (Å²) in [7, 11) is 0. The molecule has 6 rings (SSSR count). The molecule has 0 saturated heterocycles. The number of aromatic nitrogens is 2. The Kier molecular flexibility index (Phi) is 7.36. The zero-order chi connectivity index (χ0) is 28.0. The number of amides is 2. The average Bonchev–Trinajstić information content (AvgIpc) is 3.39. The minimum atomic E-state index is -0.165. The van der Waals surface area contributed by atoms with E-state index in [9.17, 15) is 9.59 Å². The van der Waals surface area contributed by atoms with Crippen molar-refractivity contribution in [3.8, 4) is 11.4 Å². The second-order valence-corrected chi connectivity index (χ2v) is 9.74. The van der Waals surface area contributed by atoms with E-state index in [-0.39, 0.29) is 11.8 Å². The van der Waals surface area contributed by atoms with Crippen molar-refractivity contribution in [2.24, 2.45) is 0 Å². The van der Waals surface area contributed by atoms with Gasteiger partial charge in [-0.3, -0.25) is 9.59 Å². The molecule has 0 fully saturated rings. The number of fused-ring (bicyclic) bond motifs is 1. The van der Waals surface area contributed by atoms with Crippen LogP contribution >= 0.6 is 0 Å². The Morgan fingerprint density at radius 1 is 0.610 bits per heavy atom. The fraction of sp³-hybridized carbons (Fsp3) is 0.0571. The van der Waals surface area contributed by atoms with Crippen molar-refractivity contribution in [2.45, 2.75) is 13.0 Å². The maximum absolute atomic E-state index is 12.7. The molecule has 0 unspecified atom stereocenters. The van der Waals surface area contributed by atoms with Gasteiger partial charge in [-0.2, -0.15) is 0 Å². The summed E-state index contributed by atoms with van der Waals surface area (Å²) in [6.45, 7) is 0.734. The van der Waals surface area contributed by atoms with E-state index in [1.54, 1.807) is 24.3 Å². The number of nitrogens with zero attached hydrogens (tertiary/aromatic N) is 2. The van der Waals surface area contributed by atoms with Gasteiger partial charge in [-0.1, -0.05) is 66.7 Å². The van der Waals surface area contributed by atoms with Crippen LogP contribution in [0.2, 0.25) is 0 Å². The van der Waals surface area contributed by atoms with Gasteiger partial charge in [-0.15, -0.1) is 0 Å². The molecule has 1 aromatic heterocycles. The number of carbonyl (C=O) groups excluding carboxylic acids is 2. The summed E-state index contributed by atoms with van der Waals surface area (Å²) in [5.41, 5.74) is 6.55. The Hall–Kier alpha value is -5.49. The molecule has 0 aliphatic heterocycles. The zero-order valence-corrected chi connectivity index (χ0v) is 22.3. The van der Waals surface area contributed by atoms with E-state index in [0.29, 0.717) is 22.5 Å². The van der Waals surface area contributed by atoms with E-state index in [4.69, 9.17) is 4.98 Å². The molecule has 200 valence electrons. The maximum Gasteiger partial charge on any atom is 0.255 e. The van der Waals surface area contributed by atoms with Crippen LogP contribution in [0, 0.1) is 0 Å². The fourth-order valence-corrected chi connectivity index (χ4v) is 4.83. The summed E-state index contributed by atoms with van der Waals surface area (Å²) in [5, 5.41) is 5.94. The predicted molar refractivity (Wildman–Crippen MR) is 164 cm³/mol. The lowest BCUT2D eigenvalue weighted by Gasteiger charge is -2.11. The number of nitrogens with one attached hydrogen (secondary N) is 2. The topological polar surface area (TPSA) is 76.0 Å². The van der Waals surface area contributed by atoms with Crippen molar-refractivity contribution >= 4 is 34.2 Å². The van der Waals surface area contributed by atoms with Crippen LogP contribution < -0.4 is 10.6 Å². The lowest BCUT2D eigenvalue weighted by atomic mass is 10.1. The first kappa shape index (κ1) is 25.8. The van der Waals surface area contributed by atoms with Gasteiger partial charge in [0.2, 0.25) is 0 Å². The highest BCUT2D eigenvalue weighted by molar-refractivity contribution is 6.05. The normalized spacial score (nSPS) is 10.8. The second-order valence-electron chi connectivity index (χ2n) is 9.74. The van der Waals surface area contributed by atoms with Gasteiger partial charge in [0.25, 0.3) is 11.8 Å². The Morgan fingerprint density at radius 2 is 1.15 bits per heavy atom. The number of carbonyl (C=O) groups is 2. The molecule has 2 N–H and O–H groups in total. The van der Waals surface area contributed by atoms with Crippen LogP contribution in [0.5, 0.6) is 0 Å². The summed E-state index contributed by atoms with van der Waals surface area (Å²) in [4.78, 5) is 30.3. The molecule has 6 nitrogen and oxygen atoms in total. The van der Waals surface area contributed by atoms with Crippen molar-refractivity contribution in [3.63, 3.8) is 0 Å². The van der Waals surface area contributed by atoms with Crippen molar-refractivity contribution in [3.05, 3.63) is 150 Å². The molecule has 1 heterocycles. The van der Waals surface area contributed by atoms with Crippen molar-refractivity contribution in [2.75, 3.05) is 10.6 Å². The van der Waals surface area contributed by atoms with Gasteiger partial charge in [0, 0.05) is 34.6 Å². The van der Waals surface area contributed by atoms with Gasteiger partial charge in [0.05, 0.1) is 11.0 Å². The quantitative estimate of drug-likeness (QED) is 0.212. The van der Waals surface area contributed by atoms with Crippen molar-refractivity contribution < 1.29 is 9.59 Å². The van der Waals surface area contributed by atoms with Gasteiger partial charge in [-0.05, 0) is 78.7 Å². The molecule has 0 bridgehead atoms. The van der Waals surface area contributed by atoms with Crippen molar-refractivity contribution in [1.82, 2.24) is 9.55 Å². The molecule has 41 heavy (non-hydrogen) atoms. The highest BCUT2D eigenvalue weighted by Crippen LogP contribution is 2.28. The largest absolute Gasteiger partial charge is 0.324 e. The van der Waals surface area contributed by atoms with Crippen LogP contribution in [0.15, 0.2) is 133 Å². The number of anilines is 2. The van der Waals surface area contributed by atoms with E-state index in [1.165, 1.54) is 5.56 Å². The van der Waals surface area contributed by atoms with E-state index >= 15 is 0 Å². The van der Waals surface area contributed by atoms with E-state index in [1.807, 2.05) is 97.1 Å². The molecule has 0 spiro atoms. The molecule has 0 aliphatic carbocycles. The van der Waals surface area contributed by atoms with E-state index < -0.39 is 0 Å². The molecule has 0 radical (unpaired) electrons. The minimum Gasteiger partial charge on any atom is -0.324 e. The smallest absolute Gasteiger partial charge is 0.255 e. The summed E-state index contributed by atoms with van der Waals surface area (Å²) in [6, 6.07) is 42.2. The Morgan fingerprint density at radius 3 is 1.76 bits per heavy atom. The Labute approximate surface area is 238 Å². The van der Waals surface area contributed by atoms with Crippen LogP contribution in [0.1, 0.15) is 26.3 Å². The van der Waals surface area contributed by atoms with Crippen LogP contribution in [0.3, 0.4) is 0 Å². The standard InChI is InChI=1S/C35H28N4O2/c40-34(27-12-6-2-7-13-27)36-29-18-16-26(17-19-29)33-38-31-24-30(37-35(41)28-14-8-3-9-15-28)20-21-32(31)39(33)23-22-25-10-4-1-5-11-25/h1-21,24H,22-23H2,(H,36,40)(H,37,41). The fourth-order valence-electron chi connectivity index (χ4n) is 4.83. The molecule has 6 heteroatoms. The summed E-state index contributed by atoms with van der Waals surface area (Å²) >= 11 is 0. The van der Waals surface area contributed by atoms with Gasteiger partial charge in [0.15, 0.2) is 0 Å². The number of rotatable bonds is 8. The zero-order valence-electron chi connectivity index (χ0n) is 22.3. The number of hydrogen-bond acceptors (Lipinski definition) is 3. The summed E-state index contributed by atoms with van der Waals surface area (Å²) < 4.78 is 2.21. The maximum atomic E-state index is 12.7. The summed E-state index contributed by atoms with van der Waals surface area (Å²) in [6.07, 6.45) is 0.844. The van der Waals surface area contributed by atoms with E-state index in [2.05, 4.69) is 27.3 Å². The number of hydrogen-bond donors (Lipinski definition) is 2. The lowest BCUT2D eigenvalue weighted by Crippen LogP contribution is -2.11. The highest BCUT2D eigenvalue weighted by Gasteiger charge is 2.15. The molecule has 0 atom stereocenters. The van der Waals surface area contributed by atoms with Crippen LogP contribution in [-0.4, -0.2) is 21.4 Å². The third-order valence-corrected chi connectivity index (χ3v) is 6.95. The monoisotopic (exact) mass is 536 g/mol. The third-order valence-electron chi connectivity index (χ3n) is 6.95. The minimum absolute atomic E-state index is 0.154. The van der Waals surface area contributed by atoms with Gasteiger partial charge < -0.3 is 15.2 Å². The Bertz CT molecular complexity index is 1800. The molecule has 0 aliphatic rings.